The molecule has 1 fully saturated rings. The molecule has 6 nitrogen and oxygen atoms in total. The molecule has 1 rings (SSSR count). The Morgan fingerprint density at radius 3 is 2.36 bits per heavy atom. The van der Waals surface area contributed by atoms with Gasteiger partial charge in [-0.15, -0.1) is 6.58 Å². The van der Waals surface area contributed by atoms with Crippen LogP contribution >= 0.6 is 0 Å². The van der Waals surface area contributed by atoms with Crippen LogP contribution in [-0.4, -0.2) is 63.3 Å². The van der Waals surface area contributed by atoms with Crippen molar-refractivity contribution in [2.45, 2.75) is 69.9 Å². The highest BCUT2D eigenvalue weighted by Crippen LogP contribution is 2.29. The molecule has 0 unspecified atom stereocenters. The van der Waals surface area contributed by atoms with Crippen molar-refractivity contribution in [1.29, 1.82) is 0 Å². The lowest BCUT2D eigenvalue weighted by Gasteiger charge is -2.42. The van der Waals surface area contributed by atoms with Gasteiger partial charge in [-0.1, -0.05) is 17.7 Å². The summed E-state index contributed by atoms with van der Waals surface area (Å²) in [7, 11) is 0. The fourth-order valence-electron chi connectivity index (χ4n) is 2.29. The van der Waals surface area contributed by atoms with Crippen molar-refractivity contribution in [3.8, 4) is 0 Å². The molecule has 0 aromatic rings. The lowest BCUT2D eigenvalue weighted by atomic mass is 9.96. The average molecular weight is 316 g/mol. The molecule has 128 valence electrons. The molecule has 4 N–H and O–H groups in total. The van der Waals surface area contributed by atoms with Crippen molar-refractivity contribution in [3.05, 3.63) is 24.3 Å². The molecular weight excluding hydrogens is 288 g/mol. The van der Waals surface area contributed by atoms with Crippen LogP contribution in [0.3, 0.4) is 0 Å². The number of aliphatic hydroxyl groups is 4. The van der Waals surface area contributed by atoms with Gasteiger partial charge in [0, 0.05) is 0 Å². The largest absolute Gasteiger partial charge is 0.394 e. The molecule has 1 aliphatic heterocycles. The Morgan fingerprint density at radius 2 is 1.86 bits per heavy atom. The maximum absolute atomic E-state index is 10.0. The monoisotopic (exact) mass is 316 g/mol. The highest BCUT2D eigenvalue weighted by molar-refractivity contribution is 5.00. The van der Waals surface area contributed by atoms with E-state index < -0.39 is 42.9 Å². The van der Waals surface area contributed by atoms with Gasteiger partial charge in [0.15, 0.2) is 6.29 Å². The quantitative estimate of drug-likeness (QED) is 0.510. The molecule has 6 heteroatoms. The third-order valence-corrected chi connectivity index (χ3v) is 3.86. The third-order valence-electron chi connectivity index (χ3n) is 3.86. The van der Waals surface area contributed by atoms with Gasteiger partial charge in [0.25, 0.3) is 0 Å². The number of rotatable bonds is 7. The van der Waals surface area contributed by atoms with Crippen molar-refractivity contribution < 1.29 is 29.9 Å². The van der Waals surface area contributed by atoms with E-state index in [1.807, 2.05) is 13.8 Å². The maximum Gasteiger partial charge on any atom is 0.187 e. The first kappa shape index (κ1) is 19.3. The van der Waals surface area contributed by atoms with Crippen LogP contribution in [0.5, 0.6) is 0 Å². The van der Waals surface area contributed by atoms with Crippen LogP contribution < -0.4 is 0 Å². The summed E-state index contributed by atoms with van der Waals surface area (Å²) in [6, 6.07) is 0. The molecule has 1 heterocycles. The molecule has 0 aromatic carbocycles. The van der Waals surface area contributed by atoms with E-state index in [9.17, 15) is 20.4 Å². The van der Waals surface area contributed by atoms with Crippen molar-refractivity contribution in [3.63, 3.8) is 0 Å². The Hall–Kier alpha value is -0.760. The molecule has 0 amide bonds. The normalized spacial score (nSPS) is 34.8. The second-order valence-electron chi connectivity index (χ2n) is 6.15. The summed E-state index contributed by atoms with van der Waals surface area (Å²) in [5.74, 6) is 0. The van der Waals surface area contributed by atoms with Gasteiger partial charge >= 0.3 is 0 Å². The molecular formula is C16H28O6. The minimum Gasteiger partial charge on any atom is -0.394 e. The second kappa shape index (κ2) is 8.19. The van der Waals surface area contributed by atoms with Crippen LogP contribution in [0, 0.1) is 0 Å². The second-order valence-corrected chi connectivity index (χ2v) is 6.15. The molecule has 0 bridgehead atoms. The molecule has 1 aliphatic rings. The molecule has 22 heavy (non-hydrogen) atoms. The summed E-state index contributed by atoms with van der Waals surface area (Å²) in [4.78, 5) is 0. The van der Waals surface area contributed by atoms with Crippen LogP contribution in [0.1, 0.15) is 33.6 Å². The van der Waals surface area contributed by atoms with Gasteiger partial charge in [0.05, 0.1) is 12.2 Å². The lowest BCUT2D eigenvalue weighted by molar-refractivity contribution is -0.319. The van der Waals surface area contributed by atoms with E-state index in [1.54, 1.807) is 13.0 Å². The molecule has 0 saturated carbocycles. The molecule has 0 spiro atoms. The zero-order valence-electron chi connectivity index (χ0n) is 13.5. The minimum absolute atomic E-state index is 0.479. The molecule has 0 aromatic heterocycles. The van der Waals surface area contributed by atoms with Gasteiger partial charge in [-0.2, -0.15) is 0 Å². The standard InChI is InChI=1S/C16H28O6/c1-5-16(4,8-6-7-10(2)3)22-15-14(20)13(19)12(18)11(9-17)21-15/h5,7,11-15,17-20H,1,6,8-9H2,2-4H3/t11-,12-,13+,14+,15+,16-/m1/s1. The van der Waals surface area contributed by atoms with Gasteiger partial charge in [0.2, 0.25) is 0 Å². The summed E-state index contributed by atoms with van der Waals surface area (Å²) in [5.41, 5.74) is 0.429. The SMILES string of the molecule is C=C[C@](C)(CCC=C(C)C)O[C@@H]1O[C@H](CO)[C@@H](O)[C@H](O)[C@@H]1O. The minimum atomic E-state index is -1.44. The Bertz CT molecular complexity index is 390. The fourth-order valence-corrected chi connectivity index (χ4v) is 2.29. The Labute approximate surface area is 131 Å². The average Bonchev–Trinajstić information content (AvgIpc) is 2.47. The number of hydrogen-bond acceptors (Lipinski definition) is 6. The van der Waals surface area contributed by atoms with E-state index in [0.717, 1.165) is 6.42 Å². The predicted octanol–water partition coefficient (Wildman–Crippen LogP) is 0.494. The lowest BCUT2D eigenvalue weighted by Crippen LogP contribution is -2.60. The Kier molecular flexibility index (Phi) is 7.18. The van der Waals surface area contributed by atoms with E-state index in [0.29, 0.717) is 6.42 Å². The van der Waals surface area contributed by atoms with E-state index >= 15 is 0 Å². The first-order valence-corrected chi connectivity index (χ1v) is 7.49. The van der Waals surface area contributed by atoms with Crippen molar-refractivity contribution in [2.24, 2.45) is 0 Å². The van der Waals surface area contributed by atoms with E-state index in [4.69, 9.17) is 9.47 Å². The fraction of sp³-hybridized carbons (Fsp3) is 0.750. The van der Waals surface area contributed by atoms with E-state index in [-0.39, 0.29) is 0 Å². The zero-order chi connectivity index (χ0) is 16.9. The first-order valence-electron chi connectivity index (χ1n) is 7.49. The topological polar surface area (TPSA) is 99.4 Å². The third kappa shape index (κ3) is 4.87. The van der Waals surface area contributed by atoms with Crippen LogP contribution in [0.4, 0.5) is 0 Å². The molecule has 0 aliphatic carbocycles. The van der Waals surface area contributed by atoms with Crippen LogP contribution in [-0.2, 0) is 9.47 Å². The van der Waals surface area contributed by atoms with Gasteiger partial charge < -0.3 is 29.9 Å². The highest BCUT2D eigenvalue weighted by Gasteiger charge is 2.45. The van der Waals surface area contributed by atoms with Gasteiger partial charge in [-0.25, -0.2) is 0 Å². The van der Waals surface area contributed by atoms with Gasteiger partial charge in [-0.05, 0) is 33.6 Å². The number of hydrogen-bond donors (Lipinski definition) is 4. The number of ether oxygens (including phenoxy) is 2. The van der Waals surface area contributed by atoms with Crippen LogP contribution in [0.15, 0.2) is 24.3 Å². The summed E-state index contributed by atoms with van der Waals surface area (Å²) >= 11 is 0. The van der Waals surface area contributed by atoms with E-state index in [1.165, 1.54) is 5.57 Å². The molecule has 1 saturated heterocycles. The first-order chi connectivity index (χ1) is 10.2. The molecule has 0 radical (unpaired) electrons. The summed E-state index contributed by atoms with van der Waals surface area (Å²) in [5, 5.41) is 38.7. The van der Waals surface area contributed by atoms with Crippen LogP contribution in [0.25, 0.3) is 0 Å². The van der Waals surface area contributed by atoms with Crippen molar-refractivity contribution in [2.75, 3.05) is 6.61 Å². The van der Waals surface area contributed by atoms with Crippen LogP contribution in [0.2, 0.25) is 0 Å². The van der Waals surface area contributed by atoms with Gasteiger partial charge in [0.1, 0.15) is 24.4 Å². The smallest absolute Gasteiger partial charge is 0.187 e. The summed E-state index contributed by atoms with van der Waals surface area (Å²) < 4.78 is 11.1. The maximum atomic E-state index is 10.0. The molecule has 6 atom stereocenters. The van der Waals surface area contributed by atoms with Crippen molar-refractivity contribution >= 4 is 0 Å². The summed E-state index contributed by atoms with van der Waals surface area (Å²) in [6.07, 6.45) is -1.28. The Morgan fingerprint density at radius 1 is 1.23 bits per heavy atom. The van der Waals surface area contributed by atoms with Gasteiger partial charge in [-0.3, -0.25) is 0 Å². The zero-order valence-corrected chi connectivity index (χ0v) is 13.5. The number of allylic oxidation sites excluding steroid dienone is 2. The Balaban J connectivity index is 2.75. The van der Waals surface area contributed by atoms with Crippen molar-refractivity contribution in [1.82, 2.24) is 0 Å². The predicted molar refractivity (Wildman–Crippen MR) is 82.1 cm³/mol. The number of aliphatic hydroxyl groups excluding tert-OH is 4. The summed E-state index contributed by atoms with van der Waals surface area (Å²) in [6.45, 7) is 9.08. The van der Waals surface area contributed by atoms with E-state index in [2.05, 4.69) is 12.7 Å². The highest BCUT2D eigenvalue weighted by atomic mass is 16.7.